The van der Waals surface area contributed by atoms with Gasteiger partial charge in [-0.15, -0.1) is 0 Å². The van der Waals surface area contributed by atoms with Gasteiger partial charge < -0.3 is 15.0 Å². The fraction of sp³-hybridized carbons (Fsp3) is 0.500. The Balaban J connectivity index is 2.08. The molecule has 0 radical (unpaired) electrons. The van der Waals surface area contributed by atoms with Gasteiger partial charge in [0.1, 0.15) is 0 Å². The number of imidazole rings is 1. The number of ether oxygens (including phenoxy) is 1. The van der Waals surface area contributed by atoms with Crippen molar-refractivity contribution in [3.05, 3.63) is 22.7 Å². The van der Waals surface area contributed by atoms with Crippen molar-refractivity contribution in [3.8, 4) is 0 Å². The molecule has 0 amide bonds. The first-order chi connectivity index (χ1) is 8.96. The Bertz CT molecular complexity index is 620. The molecule has 4 nitrogen and oxygen atoms in total. The highest BCUT2D eigenvalue weighted by molar-refractivity contribution is 9.10. The molecule has 0 spiro atoms. The zero-order valence-corrected chi connectivity index (χ0v) is 12.8. The molecule has 0 aliphatic carbocycles. The number of hydrogen-bond donors (Lipinski definition) is 1. The fourth-order valence-electron chi connectivity index (χ4n) is 2.89. The molecule has 19 heavy (non-hydrogen) atoms. The fourth-order valence-corrected chi connectivity index (χ4v) is 3.24. The number of hydrogen-bond acceptors (Lipinski definition) is 3. The molecule has 0 bridgehead atoms. The SMILES string of the molecule is CC1(C)CC(n2c(N)nc3ccc(Br)cc32)CCO1. The van der Waals surface area contributed by atoms with Crippen LogP contribution in [0.15, 0.2) is 22.7 Å². The maximum atomic E-state index is 6.12. The number of fused-ring (bicyclic) bond motifs is 1. The molecule has 1 unspecified atom stereocenters. The lowest BCUT2D eigenvalue weighted by Gasteiger charge is -2.36. The van der Waals surface area contributed by atoms with Crippen LogP contribution in [-0.2, 0) is 4.74 Å². The number of nitrogen functional groups attached to an aromatic ring is 1. The molecule has 1 aliphatic rings. The van der Waals surface area contributed by atoms with E-state index in [4.69, 9.17) is 10.5 Å². The van der Waals surface area contributed by atoms with Crippen LogP contribution < -0.4 is 5.73 Å². The zero-order valence-electron chi connectivity index (χ0n) is 11.2. The Labute approximate surface area is 121 Å². The molecule has 2 aromatic rings. The molecule has 1 fully saturated rings. The number of nitrogens with two attached hydrogens (primary N) is 1. The normalized spacial score (nSPS) is 22.8. The van der Waals surface area contributed by atoms with Gasteiger partial charge in [-0.3, -0.25) is 0 Å². The summed E-state index contributed by atoms with van der Waals surface area (Å²) in [6.45, 7) is 5.03. The van der Waals surface area contributed by atoms with Gasteiger partial charge >= 0.3 is 0 Å². The third-order valence-corrected chi connectivity index (χ3v) is 4.21. The van der Waals surface area contributed by atoms with E-state index in [0.717, 1.165) is 35.0 Å². The summed E-state index contributed by atoms with van der Waals surface area (Å²) < 4.78 is 8.99. The molecule has 0 saturated carbocycles. The summed E-state index contributed by atoms with van der Waals surface area (Å²) in [5, 5.41) is 0. The maximum absolute atomic E-state index is 6.12. The van der Waals surface area contributed by atoms with Gasteiger partial charge in [-0.05, 0) is 44.9 Å². The number of benzene rings is 1. The van der Waals surface area contributed by atoms with Gasteiger partial charge in [0.05, 0.1) is 16.6 Å². The van der Waals surface area contributed by atoms with Crippen molar-refractivity contribution in [2.45, 2.75) is 38.3 Å². The van der Waals surface area contributed by atoms with Gasteiger partial charge in [0.2, 0.25) is 5.95 Å². The van der Waals surface area contributed by atoms with Crippen molar-refractivity contribution in [1.82, 2.24) is 9.55 Å². The smallest absolute Gasteiger partial charge is 0.201 e. The van der Waals surface area contributed by atoms with Crippen LogP contribution in [0, 0.1) is 0 Å². The first-order valence-corrected chi connectivity index (χ1v) is 7.32. The van der Waals surface area contributed by atoms with Gasteiger partial charge in [-0.25, -0.2) is 4.98 Å². The van der Waals surface area contributed by atoms with Crippen LogP contribution in [0.4, 0.5) is 5.95 Å². The largest absolute Gasteiger partial charge is 0.375 e. The van der Waals surface area contributed by atoms with E-state index in [9.17, 15) is 0 Å². The van der Waals surface area contributed by atoms with E-state index in [-0.39, 0.29) is 5.60 Å². The number of anilines is 1. The quantitative estimate of drug-likeness (QED) is 0.873. The van der Waals surface area contributed by atoms with Crippen LogP contribution in [0.3, 0.4) is 0 Å². The topological polar surface area (TPSA) is 53.1 Å². The van der Waals surface area contributed by atoms with Crippen LogP contribution in [0.2, 0.25) is 0 Å². The predicted molar refractivity (Wildman–Crippen MR) is 80.1 cm³/mol. The molecule has 5 heteroatoms. The Hall–Kier alpha value is -1.07. The van der Waals surface area contributed by atoms with E-state index in [0.29, 0.717) is 12.0 Å². The van der Waals surface area contributed by atoms with E-state index < -0.39 is 0 Å². The minimum atomic E-state index is -0.0992. The average molecular weight is 324 g/mol. The lowest BCUT2D eigenvalue weighted by Crippen LogP contribution is -2.35. The van der Waals surface area contributed by atoms with E-state index in [1.165, 1.54) is 0 Å². The second-order valence-electron chi connectivity index (χ2n) is 5.73. The van der Waals surface area contributed by atoms with Crippen LogP contribution in [0.5, 0.6) is 0 Å². The highest BCUT2D eigenvalue weighted by Gasteiger charge is 2.31. The standard InChI is InChI=1S/C14H18BrN3O/c1-14(2)8-10(5-6-19-14)18-12-7-9(15)3-4-11(12)17-13(18)16/h3-4,7,10H,5-6,8H2,1-2H3,(H2,16,17). The minimum Gasteiger partial charge on any atom is -0.375 e. The number of aromatic nitrogens is 2. The number of halogens is 1. The van der Waals surface area contributed by atoms with E-state index in [1.807, 2.05) is 12.1 Å². The summed E-state index contributed by atoms with van der Waals surface area (Å²) in [4.78, 5) is 4.46. The second-order valence-corrected chi connectivity index (χ2v) is 6.64. The van der Waals surface area contributed by atoms with E-state index in [2.05, 4.69) is 45.4 Å². The van der Waals surface area contributed by atoms with Crippen LogP contribution >= 0.6 is 15.9 Å². The molecule has 1 atom stereocenters. The Kier molecular flexibility index (Phi) is 3.06. The molecule has 2 N–H and O–H groups in total. The van der Waals surface area contributed by atoms with Crippen molar-refractivity contribution in [1.29, 1.82) is 0 Å². The summed E-state index contributed by atoms with van der Waals surface area (Å²) in [5.41, 5.74) is 8.06. The third kappa shape index (κ3) is 2.37. The van der Waals surface area contributed by atoms with E-state index in [1.54, 1.807) is 0 Å². The molecule has 1 aromatic heterocycles. The predicted octanol–water partition coefficient (Wildman–Crippen LogP) is 3.51. The number of rotatable bonds is 1. The summed E-state index contributed by atoms with van der Waals surface area (Å²) >= 11 is 3.52. The molecule has 2 heterocycles. The molecule has 1 saturated heterocycles. The lowest BCUT2D eigenvalue weighted by atomic mass is 9.93. The third-order valence-electron chi connectivity index (χ3n) is 3.72. The van der Waals surface area contributed by atoms with Crippen molar-refractivity contribution in [2.75, 3.05) is 12.3 Å². The van der Waals surface area contributed by atoms with Crippen molar-refractivity contribution in [2.24, 2.45) is 0 Å². The lowest BCUT2D eigenvalue weighted by molar-refractivity contribution is -0.0682. The highest BCUT2D eigenvalue weighted by atomic mass is 79.9. The van der Waals surface area contributed by atoms with Crippen LogP contribution in [0.25, 0.3) is 11.0 Å². The van der Waals surface area contributed by atoms with Crippen LogP contribution in [-0.4, -0.2) is 21.8 Å². The first-order valence-electron chi connectivity index (χ1n) is 6.53. The second kappa shape index (κ2) is 4.49. The summed E-state index contributed by atoms with van der Waals surface area (Å²) in [6, 6.07) is 6.42. The van der Waals surface area contributed by atoms with Gasteiger partial charge in [-0.1, -0.05) is 15.9 Å². The molecular formula is C14H18BrN3O. The Morgan fingerprint density at radius 3 is 3.00 bits per heavy atom. The van der Waals surface area contributed by atoms with Gasteiger partial charge in [0, 0.05) is 17.1 Å². The van der Waals surface area contributed by atoms with E-state index >= 15 is 0 Å². The van der Waals surface area contributed by atoms with Gasteiger partial charge in [0.15, 0.2) is 0 Å². The molecule has 3 rings (SSSR count). The number of nitrogens with zero attached hydrogens (tertiary/aromatic N) is 2. The summed E-state index contributed by atoms with van der Waals surface area (Å²) in [6.07, 6.45) is 1.93. The van der Waals surface area contributed by atoms with Crippen molar-refractivity contribution in [3.63, 3.8) is 0 Å². The van der Waals surface area contributed by atoms with Gasteiger partial charge in [-0.2, -0.15) is 0 Å². The molecular weight excluding hydrogens is 306 g/mol. The Morgan fingerprint density at radius 2 is 2.26 bits per heavy atom. The van der Waals surface area contributed by atoms with Gasteiger partial charge in [0.25, 0.3) is 0 Å². The average Bonchev–Trinajstić information content (AvgIpc) is 2.63. The van der Waals surface area contributed by atoms with Crippen molar-refractivity contribution < 1.29 is 4.74 Å². The Morgan fingerprint density at radius 1 is 1.47 bits per heavy atom. The first kappa shape index (κ1) is 12.9. The monoisotopic (exact) mass is 323 g/mol. The minimum absolute atomic E-state index is 0.0992. The molecule has 102 valence electrons. The summed E-state index contributed by atoms with van der Waals surface area (Å²) in [5.74, 6) is 0.593. The summed E-state index contributed by atoms with van der Waals surface area (Å²) in [7, 11) is 0. The maximum Gasteiger partial charge on any atom is 0.201 e. The van der Waals surface area contributed by atoms with Crippen molar-refractivity contribution >= 4 is 32.9 Å². The molecule has 1 aromatic carbocycles. The molecule has 1 aliphatic heterocycles. The van der Waals surface area contributed by atoms with Crippen LogP contribution in [0.1, 0.15) is 32.7 Å². The zero-order chi connectivity index (χ0) is 13.6. The highest BCUT2D eigenvalue weighted by Crippen LogP contribution is 2.36.